The first-order chi connectivity index (χ1) is 14.1. The van der Waals surface area contributed by atoms with Crippen molar-refractivity contribution in [3.63, 3.8) is 0 Å². The average molecular weight is 485 g/mol. The standard InChI is InChI=1S/C19H18Cl2N4O3S2/c1-11-4-6-13(7-5-11)18-23-24-19(29-18)22-17(26)12(2)25(30(3,27)28)14-8-9-15(20)16(21)10-14/h4-10,12H,1-3H3,(H,22,24,26). The van der Waals surface area contributed by atoms with Crippen molar-refractivity contribution in [2.45, 2.75) is 19.9 Å². The highest BCUT2D eigenvalue weighted by Gasteiger charge is 2.30. The van der Waals surface area contributed by atoms with Crippen molar-refractivity contribution in [3.8, 4) is 10.6 Å². The minimum absolute atomic E-state index is 0.183. The Labute approximate surface area is 188 Å². The predicted octanol–water partition coefficient (Wildman–Crippen LogP) is 4.61. The van der Waals surface area contributed by atoms with Gasteiger partial charge in [-0.25, -0.2) is 8.42 Å². The van der Waals surface area contributed by atoms with E-state index >= 15 is 0 Å². The van der Waals surface area contributed by atoms with Gasteiger partial charge in [0.2, 0.25) is 21.1 Å². The number of amides is 1. The van der Waals surface area contributed by atoms with Crippen molar-refractivity contribution in [2.24, 2.45) is 0 Å². The Hall–Kier alpha value is -2.20. The van der Waals surface area contributed by atoms with Gasteiger partial charge in [0, 0.05) is 5.56 Å². The number of benzene rings is 2. The molecule has 3 rings (SSSR count). The van der Waals surface area contributed by atoms with Crippen LogP contribution in [0.3, 0.4) is 0 Å². The molecule has 0 spiro atoms. The van der Waals surface area contributed by atoms with Crippen LogP contribution in [0.2, 0.25) is 10.0 Å². The molecule has 0 fully saturated rings. The molecule has 1 unspecified atom stereocenters. The molecule has 0 aliphatic rings. The fourth-order valence-electron chi connectivity index (χ4n) is 2.73. The molecule has 1 atom stereocenters. The zero-order chi connectivity index (χ0) is 22.1. The number of aromatic nitrogens is 2. The molecule has 7 nitrogen and oxygen atoms in total. The summed E-state index contributed by atoms with van der Waals surface area (Å²) in [6.45, 7) is 3.46. The topological polar surface area (TPSA) is 92.3 Å². The molecular weight excluding hydrogens is 467 g/mol. The van der Waals surface area contributed by atoms with Gasteiger partial charge in [-0.05, 0) is 32.0 Å². The Morgan fingerprint density at radius 2 is 1.77 bits per heavy atom. The molecule has 0 aliphatic heterocycles. The van der Waals surface area contributed by atoms with Gasteiger partial charge in [0.15, 0.2) is 0 Å². The van der Waals surface area contributed by atoms with Gasteiger partial charge in [0.05, 0.1) is 22.0 Å². The maximum Gasteiger partial charge on any atom is 0.249 e. The minimum atomic E-state index is -3.79. The first-order valence-corrected chi connectivity index (χ1v) is 12.1. The van der Waals surface area contributed by atoms with E-state index in [1.807, 2.05) is 31.2 Å². The molecule has 0 bridgehead atoms. The minimum Gasteiger partial charge on any atom is -0.299 e. The van der Waals surface area contributed by atoms with Gasteiger partial charge in [-0.15, -0.1) is 10.2 Å². The summed E-state index contributed by atoms with van der Waals surface area (Å²) in [6, 6.07) is 11.0. The van der Waals surface area contributed by atoms with Crippen molar-refractivity contribution < 1.29 is 13.2 Å². The average Bonchev–Trinajstić information content (AvgIpc) is 3.12. The fraction of sp³-hybridized carbons (Fsp3) is 0.211. The first-order valence-electron chi connectivity index (χ1n) is 8.72. The maximum atomic E-state index is 12.8. The van der Waals surface area contributed by atoms with Crippen molar-refractivity contribution in [2.75, 3.05) is 15.9 Å². The number of aryl methyl sites for hydroxylation is 1. The Kier molecular flexibility index (Phi) is 6.66. The van der Waals surface area contributed by atoms with Crippen LogP contribution < -0.4 is 9.62 Å². The number of nitrogens with one attached hydrogen (secondary N) is 1. The molecule has 11 heteroatoms. The number of halogens is 2. The number of sulfonamides is 1. The number of nitrogens with zero attached hydrogens (tertiary/aromatic N) is 3. The third-order valence-corrected chi connectivity index (χ3v) is 7.07. The second kappa shape index (κ2) is 8.89. The summed E-state index contributed by atoms with van der Waals surface area (Å²) >= 11 is 13.1. The van der Waals surface area contributed by atoms with Gasteiger partial charge in [-0.2, -0.15) is 0 Å². The van der Waals surface area contributed by atoms with E-state index in [1.54, 1.807) is 0 Å². The van der Waals surface area contributed by atoms with Crippen LogP contribution in [0, 0.1) is 6.92 Å². The normalized spacial score (nSPS) is 12.4. The Balaban J connectivity index is 1.82. The number of carbonyl (C=O) groups is 1. The highest BCUT2D eigenvalue weighted by molar-refractivity contribution is 7.92. The van der Waals surface area contributed by atoms with Gasteiger partial charge >= 0.3 is 0 Å². The van der Waals surface area contributed by atoms with Crippen LogP contribution in [-0.4, -0.2) is 36.8 Å². The monoisotopic (exact) mass is 484 g/mol. The summed E-state index contributed by atoms with van der Waals surface area (Å²) in [5, 5.41) is 12.1. The third kappa shape index (κ3) is 5.10. The smallest absolute Gasteiger partial charge is 0.249 e. The summed E-state index contributed by atoms with van der Waals surface area (Å²) in [7, 11) is -3.79. The van der Waals surface area contributed by atoms with E-state index in [9.17, 15) is 13.2 Å². The lowest BCUT2D eigenvalue weighted by Gasteiger charge is -2.28. The molecule has 0 saturated carbocycles. The second-order valence-corrected chi connectivity index (χ2v) is 10.3. The van der Waals surface area contributed by atoms with Crippen molar-refractivity contribution in [1.29, 1.82) is 0 Å². The van der Waals surface area contributed by atoms with Crippen molar-refractivity contribution in [3.05, 3.63) is 58.1 Å². The first kappa shape index (κ1) is 22.5. The molecule has 3 aromatic rings. The van der Waals surface area contributed by atoms with E-state index in [0.717, 1.165) is 21.7 Å². The molecule has 0 radical (unpaired) electrons. The lowest BCUT2D eigenvalue weighted by Crippen LogP contribution is -2.45. The number of hydrogen-bond acceptors (Lipinski definition) is 6. The maximum absolute atomic E-state index is 12.8. The second-order valence-electron chi connectivity index (χ2n) is 6.60. The van der Waals surface area contributed by atoms with Crippen LogP contribution in [0.15, 0.2) is 42.5 Å². The van der Waals surface area contributed by atoms with Crippen LogP contribution in [0.4, 0.5) is 10.8 Å². The molecule has 158 valence electrons. The van der Waals surface area contributed by atoms with Gasteiger partial charge in [-0.1, -0.05) is 64.4 Å². The summed E-state index contributed by atoms with van der Waals surface area (Å²) in [6.07, 6.45) is 1.01. The number of rotatable bonds is 6. The zero-order valence-electron chi connectivity index (χ0n) is 16.3. The van der Waals surface area contributed by atoms with Crippen LogP contribution in [-0.2, 0) is 14.8 Å². The lowest BCUT2D eigenvalue weighted by molar-refractivity contribution is -0.116. The van der Waals surface area contributed by atoms with Crippen LogP contribution in [0.1, 0.15) is 12.5 Å². The largest absolute Gasteiger partial charge is 0.299 e. The molecular formula is C19H18Cl2N4O3S2. The number of anilines is 2. The Bertz CT molecular complexity index is 1180. The molecule has 1 N–H and O–H groups in total. The van der Waals surface area contributed by atoms with E-state index in [-0.39, 0.29) is 20.9 Å². The summed E-state index contributed by atoms with van der Waals surface area (Å²) < 4.78 is 25.8. The third-order valence-electron chi connectivity index (χ3n) is 4.20. The van der Waals surface area contributed by atoms with Gasteiger partial charge in [0.25, 0.3) is 0 Å². The predicted molar refractivity (Wildman–Crippen MR) is 122 cm³/mol. The molecule has 2 aromatic carbocycles. The highest BCUT2D eigenvalue weighted by atomic mass is 35.5. The van der Waals surface area contributed by atoms with E-state index in [1.165, 1.54) is 36.5 Å². The zero-order valence-corrected chi connectivity index (χ0v) is 19.4. The Morgan fingerprint density at radius 1 is 1.10 bits per heavy atom. The number of carbonyl (C=O) groups excluding carboxylic acids is 1. The van der Waals surface area contributed by atoms with Crippen molar-refractivity contribution in [1.82, 2.24) is 10.2 Å². The molecule has 30 heavy (non-hydrogen) atoms. The van der Waals surface area contributed by atoms with Crippen LogP contribution in [0.25, 0.3) is 10.6 Å². The van der Waals surface area contributed by atoms with Gasteiger partial charge in [-0.3, -0.25) is 14.4 Å². The van der Waals surface area contributed by atoms with E-state index < -0.39 is 22.0 Å². The van der Waals surface area contributed by atoms with Gasteiger partial charge < -0.3 is 0 Å². The lowest BCUT2D eigenvalue weighted by atomic mass is 10.2. The fourth-order valence-corrected chi connectivity index (χ4v) is 4.94. The Morgan fingerprint density at radius 3 is 2.37 bits per heavy atom. The molecule has 0 saturated heterocycles. The molecule has 1 aromatic heterocycles. The van der Waals surface area contributed by atoms with Crippen molar-refractivity contribution >= 4 is 61.3 Å². The van der Waals surface area contributed by atoms with Crippen LogP contribution in [0.5, 0.6) is 0 Å². The summed E-state index contributed by atoms with van der Waals surface area (Å²) in [5.74, 6) is -0.557. The van der Waals surface area contributed by atoms with E-state index in [4.69, 9.17) is 23.2 Å². The van der Waals surface area contributed by atoms with E-state index in [0.29, 0.717) is 5.01 Å². The number of hydrogen-bond donors (Lipinski definition) is 1. The molecule has 1 heterocycles. The van der Waals surface area contributed by atoms with E-state index in [2.05, 4.69) is 15.5 Å². The summed E-state index contributed by atoms with van der Waals surface area (Å²) in [5.41, 5.74) is 2.22. The molecule has 0 aliphatic carbocycles. The molecule has 1 amide bonds. The van der Waals surface area contributed by atoms with Crippen LogP contribution >= 0.6 is 34.5 Å². The SMILES string of the molecule is Cc1ccc(-c2nnc(NC(=O)C(C)N(c3ccc(Cl)c(Cl)c3)S(C)(=O)=O)s2)cc1. The summed E-state index contributed by atoms with van der Waals surface area (Å²) in [4.78, 5) is 12.8. The quantitative estimate of drug-likeness (QED) is 0.551. The highest BCUT2D eigenvalue weighted by Crippen LogP contribution is 2.30. The van der Waals surface area contributed by atoms with Gasteiger partial charge in [0.1, 0.15) is 11.0 Å².